The summed E-state index contributed by atoms with van der Waals surface area (Å²) in [4.78, 5) is 5.90. The summed E-state index contributed by atoms with van der Waals surface area (Å²) < 4.78 is 1.17. The Morgan fingerprint density at radius 2 is 2.00 bits per heavy atom. The second kappa shape index (κ2) is 7.48. The molecule has 0 saturated carbocycles. The van der Waals surface area contributed by atoms with Gasteiger partial charge in [0.2, 0.25) is 0 Å². The highest BCUT2D eigenvalue weighted by molar-refractivity contribution is 9.11. The van der Waals surface area contributed by atoms with E-state index in [1.807, 2.05) is 0 Å². The SMILES string of the molecule is CN(C)CCCN(C)C(CN)c1ccc(Br)s1. The van der Waals surface area contributed by atoms with Crippen LogP contribution in [-0.4, -0.2) is 50.6 Å². The maximum absolute atomic E-state index is 5.89. The highest BCUT2D eigenvalue weighted by Crippen LogP contribution is 2.29. The third-order valence-electron chi connectivity index (χ3n) is 2.79. The lowest BCUT2D eigenvalue weighted by Crippen LogP contribution is -2.32. The Morgan fingerprint density at radius 1 is 1.29 bits per heavy atom. The molecule has 1 aromatic rings. The van der Waals surface area contributed by atoms with Crippen LogP contribution in [0.3, 0.4) is 0 Å². The summed E-state index contributed by atoms with van der Waals surface area (Å²) in [5.41, 5.74) is 5.89. The van der Waals surface area contributed by atoms with E-state index < -0.39 is 0 Å². The van der Waals surface area contributed by atoms with Gasteiger partial charge in [-0.25, -0.2) is 0 Å². The summed E-state index contributed by atoms with van der Waals surface area (Å²) >= 11 is 5.28. The number of hydrogen-bond acceptors (Lipinski definition) is 4. The molecule has 1 aromatic heterocycles. The van der Waals surface area contributed by atoms with Gasteiger partial charge in [-0.1, -0.05) is 0 Å². The van der Waals surface area contributed by atoms with Crippen molar-refractivity contribution in [3.63, 3.8) is 0 Å². The molecule has 1 heterocycles. The van der Waals surface area contributed by atoms with E-state index in [1.54, 1.807) is 11.3 Å². The molecule has 3 nitrogen and oxygen atoms in total. The molecule has 5 heteroatoms. The predicted molar refractivity (Wildman–Crippen MR) is 79.6 cm³/mol. The molecule has 0 aliphatic rings. The molecule has 0 saturated heterocycles. The Bertz CT molecular complexity index is 327. The zero-order valence-corrected chi connectivity index (χ0v) is 13.2. The number of halogens is 1. The Balaban J connectivity index is 2.49. The second-order valence-corrected chi connectivity index (χ2v) is 7.03. The van der Waals surface area contributed by atoms with Gasteiger partial charge in [0.1, 0.15) is 0 Å². The minimum absolute atomic E-state index is 0.341. The van der Waals surface area contributed by atoms with Crippen molar-refractivity contribution in [3.05, 3.63) is 20.8 Å². The standard InChI is InChI=1S/C12H22BrN3S/c1-15(2)7-4-8-16(3)10(9-14)11-5-6-12(13)17-11/h5-6,10H,4,7-9,14H2,1-3H3. The first-order valence-corrected chi connectivity index (χ1v) is 7.45. The van der Waals surface area contributed by atoms with E-state index in [2.05, 4.69) is 59.0 Å². The summed E-state index contributed by atoms with van der Waals surface area (Å²) in [6, 6.07) is 4.60. The minimum atomic E-state index is 0.341. The fraction of sp³-hybridized carbons (Fsp3) is 0.667. The van der Waals surface area contributed by atoms with Gasteiger partial charge in [0.05, 0.1) is 9.83 Å². The van der Waals surface area contributed by atoms with Gasteiger partial charge >= 0.3 is 0 Å². The summed E-state index contributed by atoms with van der Waals surface area (Å²) in [5.74, 6) is 0. The van der Waals surface area contributed by atoms with Gasteiger partial charge in [0, 0.05) is 11.4 Å². The molecule has 0 aromatic carbocycles. The molecular weight excluding hydrogens is 298 g/mol. The topological polar surface area (TPSA) is 32.5 Å². The highest BCUT2D eigenvalue weighted by atomic mass is 79.9. The first-order valence-electron chi connectivity index (χ1n) is 5.85. The van der Waals surface area contributed by atoms with E-state index in [0.29, 0.717) is 12.6 Å². The van der Waals surface area contributed by atoms with Crippen LogP contribution in [0.4, 0.5) is 0 Å². The number of nitrogens with zero attached hydrogens (tertiary/aromatic N) is 2. The molecule has 1 atom stereocenters. The molecule has 1 unspecified atom stereocenters. The maximum atomic E-state index is 5.89. The van der Waals surface area contributed by atoms with Crippen molar-refractivity contribution in [1.29, 1.82) is 0 Å². The van der Waals surface area contributed by atoms with Gasteiger partial charge in [0.15, 0.2) is 0 Å². The smallest absolute Gasteiger partial charge is 0.0702 e. The van der Waals surface area contributed by atoms with Gasteiger partial charge in [-0.05, 0) is 68.7 Å². The molecule has 0 fully saturated rings. The summed E-state index contributed by atoms with van der Waals surface area (Å²) in [5, 5.41) is 0. The first kappa shape index (κ1) is 15.1. The Morgan fingerprint density at radius 3 is 2.47 bits per heavy atom. The van der Waals surface area contributed by atoms with E-state index in [-0.39, 0.29) is 0 Å². The van der Waals surface area contributed by atoms with E-state index >= 15 is 0 Å². The maximum Gasteiger partial charge on any atom is 0.0702 e. The van der Waals surface area contributed by atoms with Crippen LogP contribution in [0.2, 0.25) is 0 Å². The van der Waals surface area contributed by atoms with Crippen LogP contribution in [0, 0.1) is 0 Å². The van der Waals surface area contributed by atoms with E-state index in [9.17, 15) is 0 Å². The van der Waals surface area contributed by atoms with Crippen molar-refractivity contribution in [2.24, 2.45) is 5.73 Å². The van der Waals surface area contributed by atoms with E-state index in [0.717, 1.165) is 13.1 Å². The fourth-order valence-corrected chi connectivity index (χ4v) is 3.42. The number of thiophene rings is 1. The molecule has 17 heavy (non-hydrogen) atoms. The largest absolute Gasteiger partial charge is 0.329 e. The van der Waals surface area contributed by atoms with Crippen LogP contribution in [0.25, 0.3) is 0 Å². The Labute approximate surface area is 117 Å². The number of rotatable bonds is 7. The van der Waals surface area contributed by atoms with Crippen LogP contribution in [0.15, 0.2) is 15.9 Å². The number of likely N-dealkylation sites (N-methyl/N-ethyl adjacent to an activating group) is 1. The van der Waals surface area contributed by atoms with E-state index in [1.165, 1.54) is 15.1 Å². The summed E-state index contributed by atoms with van der Waals surface area (Å²) in [7, 11) is 6.37. The zero-order valence-electron chi connectivity index (χ0n) is 10.8. The summed E-state index contributed by atoms with van der Waals surface area (Å²) in [6.45, 7) is 2.87. The predicted octanol–water partition coefficient (Wildman–Crippen LogP) is 2.39. The fourth-order valence-electron chi connectivity index (χ4n) is 1.81. The average molecular weight is 320 g/mol. The molecular formula is C12H22BrN3S. The number of hydrogen-bond donors (Lipinski definition) is 1. The van der Waals surface area contributed by atoms with Crippen molar-refractivity contribution in [3.8, 4) is 0 Å². The molecule has 98 valence electrons. The molecule has 0 radical (unpaired) electrons. The summed E-state index contributed by atoms with van der Waals surface area (Å²) in [6.07, 6.45) is 1.17. The highest BCUT2D eigenvalue weighted by Gasteiger charge is 2.16. The monoisotopic (exact) mass is 319 g/mol. The molecule has 0 aliphatic carbocycles. The molecule has 1 rings (SSSR count). The molecule has 0 aliphatic heterocycles. The van der Waals surface area contributed by atoms with Crippen molar-refractivity contribution >= 4 is 27.3 Å². The zero-order chi connectivity index (χ0) is 12.8. The van der Waals surface area contributed by atoms with Crippen molar-refractivity contribution in [2.45, 2.75) is 12.5 Å². The lowest BCUT2D eigenvalue weighted by molar-refractivity contribution is 0.238. The van der Waals surface area contributed by atoms with Crippen LogP contribution in [-0.2, 0) is 0 Å². The van der Waals surface area contributed by atoms with Gasteiger partial charge in [-0.15, -0.1) is 11.3 Å². The third kappa shape index (κ3) is 5.06. The Kier molecular flexibility index (Phi) is 6.66. The molecule has 2 N–H and O–H groups in total. The first-order chi connectivity index (χ1) is 8.04. The molecule has 0 bridgehead atoms. The minimum Gasteiger partial charge on any atom is -0.329 e. The van der Waals surface area contributed by atoms with Crippen molar-refractivity contribution in [1.82, 2.24) is 9.80 Å². The van der Waals surface area contributed by atoms with Gasteiger partial charge in [0.25, 0.3) is 0 Å². The van der Waals surface area contributed by atoms with Gasteiger partial charge in [-0.2, -0.15) is 0 Å². The van der Waals surface area contributed by atoms with Crippen molar-refractivity contribution in [2.75, 3.05) is 40.8 Å². The second-order valence-electron chi connectivity index (χ2n) is 4.53. The molecule has 0 amide bonds. The van der Waals surface area contributed by atoms with Crippen LogP contribution in [0.5, 0.6) is 0 Å². The lowest BCUT2D eigenvalue weighted by atomic mass is 10.2. The molecule has 0 spiro atoms. The third-order valence-corrected chi connectivity index (χ3v) is 4.52. The van der Waals surface area contributed by atoms with Crippen LogP contribution in [0.1, 0.15) is 17.3 Å². The Hall–Kier alpha value is 0.0600. The van der Waals surface area contributed by atoms with Gasteiger partial charge in [-0.3, -0.25) is 4.90 Å². The average Bonchev–Trinajstić information content (AvgIpc) is 2.65. The van der Waals surface area contributed by atoms with Crippen molar-refractivity contribution < 1.29 is 0 Å². The lowest BCUT2D eigenvalue weighted by Gasteiger charge is -2.26. The van der Waals surface area contributed by atoms with Crippen LogP contribution < -0.4 is 5.73 Å². The van der Waals surface area contributed by atoms with E-state index in [4.69, 9.17) is 5.73 Å². The number of nitrogens with two attached hydrogens (primary N) is 1. The normalized spacial score (nSPS) is 13.6. The quantitative estimate of drug-likeness (QED) is 0.837. The van der Waals surface area contributed by atoms with Gasteiger partial charge < -0.3 is 10.6 Å². The van der Waals surface area contributed by atoms with Crippen LogP contribution >= 0.6 is 27.3 Å².